The van der Waals surface area contributed by atoms with E-state index in [2.05, 4.69) is 20.6 Å². The molecule has 0 saturated heterocycles. The molecule has 0 saturated carbocycles. The zero-order valence-electron chi connectivity index (χ0n) is 15.0. The minimum Gasteiger partial charge on any atom is -0.462 e. The van der Waals surface area contributed by atoms with Gasteiger partial charge in [0.05, 0.1) is 17.7 Å². The van der Waals surface area contributed by atoms with Gasteiger partial charge in [0.25, 0.3) is 5.91 Å². The molecule has 0 bridgehead atoms. The molecule has 28 heavy (non-hydrogen) atoms. The van der Waals surface area contributed by atoms with Crippen LogP contribution in [0.1, 0.15) is 27.6 Å². The number of halogens is 1. The lowest BCUT2D eigenvalue weighted by Gasteiger charge is -2.07. The van der Waals surface area contributed by atoms with Gasteiger partial charge in [0.15, 0.2) is 0 Å². The summed E-state index contributed by atoms with van der Waals surface area (Å²) in [6.07, 6.45) is 2.72. The van der Waals surface area contributed by atoms with Crippen molar-refractivity contribution in [3.63, 3.8) is 0 Å². The number of aromatic nitrogens is 2. The van der Waals surface area contributed by atoms with Gasteiger partial charge in [-0.1, -0.05) is 6.07 Å². The Balaban J connectivity index is 1.62. The number of benzene rings is 2. The third-order valence-electron chi connectivity index (χ3n) is 3.65. The molecule has 2 N–H and O–H groups in total. The van der Waals surface area contributed by atoms with Crippen LogP contribution in [0.5, 0.6) is 0 Å². The summed E-state index contributed by atoms with van der Waals surface area (Å²) in [5, 5.41) is 5.54. The maximum absolute atomic E-state index is 13.2. The van der Waals surface area contributed by atoms with Crippen molar-refractivity contribution >= 4 is 29.2 Å². The molecule has 2 aromatic carbocycles. The van der Waals surface area contributed by atoms with E-state index in [9.17, 15) is 14.0 Å². The zero-order chi connectivity index (χ0) is 19.9. The highest BCUT2D eigenvalue weighted by atomic mass is 19.1. The van der Waals surface area contributed by atoms with E-state index in [1.165, 1.54) is 24.5 Å². The van der Waals surface area contributed by atoms with Crippen molar-refractivity contribution in [3.05, 3.63) is 77.9 Å². The van der Waals surface area contributed by atoms with Crippen LogP contribution in [-0.2, 0) is 4.74 Å². The zero-order valence-corrected chi connectivity index (χ0v) is 15.0. The molecule has 0 atom stereocenters. The van der Waals surface area contributed by atoms with Crippen molar-refractivity contribution in [1.29, 1.82) is 0 Å². The molecule has 1 aromatic heterocycles. The summed E-state index contributed by atoms with van der Waals surface area (Å²) in [6, 6.07) is 12.2. The molecule has 142 valence electrons. The van der Waals surface area contributed by atoms with Gasteiger partial charge in [-0.05, 0) is 49.4 Å². The standard InChI is InChI=1S/C20H17FN4O3/c1-2-28-19(27)13-6-8-16(9-7-13)24-18(26)14-11-22-20(23-12-14)25-17-5-3-4-15(21)10-17/h3-12H,2H2,1H3,(H,24,26)(H,22,23,25). The number of hydrogen-bond acceptors (Lipinski definition) is 6. The van der Waals surface area contributed by atoms with E-state index in [0.717, 1.165) is 0 Å². The first-order valence-electron chi connectivity index (χ1n) is 8.48. The molecule has 7 nitrogen and oxygen atoms in total. The smallest absolute Gasteiger partial charge is 0.338 e. The van der Waals surface area contributed by atoms with E-state index in [1.807, 2.05) is 0 Å². The molecule has 3 aromatic rings. The van der Waals surface area contributed by atoms with Crippen LogP contribution in [0.25, 0.3) is 0 Å². The highest BCUT2D eigenvalue weighted by Gasteiger charge is 2.10. The molecule has 0 aliphatic carbocycles. The lowest BCUT2D eigenvalue weighted by Crippen LogP contribution is -2.13. The van der Waals surface area contributed by atoms with Gasteiger partial charge >= 0.3 is 5.97 Å². The predicted octanol–water partition coefficient (Wildman–Crippen LogP) is 3.79. The summed E-state index contributed by atoms with van der Waals surface area (Å²) in [5.41, 5.74) is 1.66. The van der Waals surface area contributed by atoms with Crippen LogP contribution in [0.2, 0.25) is 0 Å². The van der Waals surface area contributed by atoms with Crippen molar-refractivity contribution in [2.24, 2.45) is 0 Å². The number of anilines is 3. The number of carbonyl (C=O) groups excluding carboxylic acids is 2. The molecule has 8 heteroatoms. The Hall–Kier alpha value is -3.81. The third kappa shape index (κ3) is 4.88. The Morgan fingerprint density at radius 3 is 2.36 bits per heavy atom. The van der Waals surface area contributed by atoms with Gasteiger partial charge in [0.2, 0.25) is 5.95 Å². The molecular weight excluding hydrogens is 363 g/mol. The second kappa shape index (κ2) is 8.72. The van der Waals surface area contributed by atoms with Crippen molar-refractivity contribution < 1.29 is 18.7 Å². The van der Waals surface area contributed by atoms with Gasteiger partial charge < -0.3 is 15.4 Å². The average Bonchev–Trinajstić information content (AvgIpc) is 2.69. The lowest BCUT2D eigenvalue weighted by molar-refractivity contribution is 0.0526. The summed E-state index contributed by atoms with van der Waals surface area (Å²) < 4.78 is 18.1. The summed E-state index contributed by atoms with van der Waals surface area (Å²) in [5.74, 6) is -0.965. The maximum atomic E-state index is 13.2. The summed E-state index contributed by atoms with van der Waals surface area (Å²) in [4.78, 5) is 32.0. The van der Waals surface area contributed by atoms with Crippen LogP contribution in [0.3, 0.4) is 0 Å². The fourth-order valence-corrected chi connectivity index (χ4v) is 2.31. The van der Waals surface area contributed by atoms with Gasteiger partial charge in [0.1, 0.15) is 5.82 Å². The minimum absolute atomic E-state index is 0.237. The molecule has 1 heterocycles. The highest BCUT2D eigenvalue weighted by Crippen LogP contribution is 2.15. The van der Waals surface area contributed by atoms with Gasteiger partial charge in [-0.25, -0.2) is 19.2 Å². The average molecular weight is 380 g/mol. The first-order chi connectivity index (χ1) is 13.5. The Morgan fingerprint density at radius 1 is 1.00 bits per heavy atom. The third-order valence-corrected chi connectivity index (χ3v) is 3.65. The second-order valence-electron chi connectivity index (χ2n) is 5.68. The SMILES string of the molecule is CCOC(=O)c1ccc(NC(=O)c2cnc(Nc3cccc(F)c3)nc2)cc1. The summed E-state index contributed by atoms with van der Waals surface area (Å²) in [7, 11) is 0. The largest absolute Gasteiger partial charge is 0.462 e. The number of nitrogens with one attached hydrogen (secondary N) is 2. The van der Waals surface area contributed by atoms with Gasteiger partial charge in [-0.3, -0.25) is 4.79 Å². The first-order valence-corrected chi connectivity index (χ1v) is 8.48. The van der Waals surface area contributed by atoms with Crippen molar-refractivity contribution in [2.75, 3.05) is 17.2 Å². The molecule has 0 spiro atoms. The fraction of sp³-hybridized carbons (Fsp3) is 0.100. The molecule has 0 fully saturated rings. The number of hydrogen-bond donors (Lipinski definition) is 2. The van der Waals surface area contributed by atoms with E-state index >= 15 is 0 Å². The quantitative estimate of drug-likeness (QED) is 0.632. The van der Waals surface area contributed by atoms with Crippen molar-refractivity contribution in [2.45, 2.75) is 6.92 Å². The van der Waals surface area contributed by atoms with Crippen molar-refractivity contribution in [1.82, 2.24) is 9.97 Å². The Kier molecular flexibility index (Phi) is 5.91. The molecule has 0 aliphatic rings. The van der Waals surface area contributed by atoms with Crippen LogP contribution in [0.15, 0.2) is 60.9 Å². The van der Waals surface area contributed by atoms with E-state index in [0.29, 0.717) is 23.5 Å². The monoisotopic (exact) mass is 380 g/mol. The number of amides is 1. The van der Waals surface area contributed by atoms with Crippen LogP contribution >= 0.6 is 0 Å². The molecular formula is C20H17FN4O3. The fourth-order valence-electron chi connectivity index (χ4n) is 2.31. The van der Waals surface area contributed by atoms with Gasteiger partial charge in [0, 0.05) is 23.8 Å². The number of rotatable bonds is 6. The van der Waals surface area contributed by atoms with Gasteiger partial charge in [-0.15, -0.1) is 0 Å². The lowest BCUT2D eigenvalue weighted by atomic mass is 10.2. The van der Waals surface area contributed by atoms with E-state index in [4.69, 9.17) is 4.74 Å². The molecule has 0 radical (unpaired) electrons. The Labute approximate surface area is 160 Å². The Morgan fingerprint density at radius 2 is 1.71 bits per heavy atom. The van der Waals surface area contributed by atoms with Crippen LogP contribution < -0.4 is 10.6 Å². The topological polar surface area (TPSA) is 93.2 Å². The summed E-state index contributed by atoms with van der Waals surface area (Å²) in [6.45, 7) is 2.02. The minimum atomic E-state index is -0.421. The number of esters is 1. The van der Waals surface area contributed by atoms with E-state index in [-0.39, 0.29) is 17.3 Å². The molecule has 0 unspecified atom stereocenters. The Bertz CT molecular complexity index is 976. The molecule has 3 rings (SSSR count). The van der Waals surface area contributed by atoms with Gasteiger partial charge in [-0.2, -0.15) is 0 Å². The van der Waals surface area contributed by atoms with E-state index in [1.54, 1.807) is 43.3 Å². The predicted molar refractivity (Wildman–Crippen MR) is 102 cm³/mol. The van der Waals surface area contributed by atoms with Crippen molar-refractivity contribution in [3.8, 4) is 0 Å². The number of ether oxygens (including phenoxy) is 1. The van der Waals surface area contributed by atoms with Crippen LogP contribution in [0, 0.1) is 5.82 Å². The summed E-state index contributed by atoms with van der Waals surface area (Å²) >= 11 is 0. The maximum Gasteiger partial charge on any atom is 0.338 e. The van der Waals surface area contributed by atoms with E-state index < -0.39 is 11.9 Å². The second-order valence-corrected chi connectivity index (χ2v) is 5.68. The highest BCUT2D eigenvalue weighted by molar-refractivity contribution is 6.04. The van der Waals surface area contributed by atoms with Crippen LogP contribution in [-0.4, -0.2) is 28.5 Å². The molecule has 0 aliphatic heterocycles. The number of carbonyl (C=O) groups is 2. The first kappa shape index (κ1) is 19.0. The molecule has 1 amide bonds. The number of nitrogens with zero attached hydrogens (tertiary/aromatic N) is 2. The normalized spacial score (nSPS) is 10.2. The van der Waals surface area contributed by atoms with Crippen LogP contribution in [0.4, 0.5) is 21.7 Å².